The van der Waals surface area contributed by atoms with Gasteiger partial charge in [-0.3, -0.25) is 4.90 Å². The second kappa shape index (κ2) is 8.05. The van der Waals surface area contributed by atoms with Gasteiger partial charge in [0.2, 0.25) is 19.9 Å². The Morgan fingerprint density at radius 2 is 1.81 bits per heavy atom. The fraction of sp³-hybridized carbons (Fsp3) is 0.375. The molecule has 0 amide bonds. The molecule has 2 aromatic rings. The molecule has 0 radical (unpaired) electrons. The maximum atomic E-state index is 12.7. The maximum Gasteiger partial charge on any atom is 0.247 e. The van der Waals surface area contributed by atoms with E-state index in [1.165, 1.54) is 5.38 Å². The van der Waals surface area contributed by atoms with E-state index in [1.807, 2.05) is 12.1 Å². The zero-order valence-electron chi connectivity index (χ0n) is 14.6. The molecule has 1 aromatic carbocycles. The second-order valence-corrected chi connectivity index (χ2v) is 12.5. The van der Waals surface area contributed by atoms with Crippen LogP contribution >= 0.6 is 33.9 Å². The lowest BCUT2D eigenvalue weighted by Crippen LogP contribution is -2.48. The van der Waals surface area contributed by atoms with E-state index in [2.05, 4.69) is 39.4 Å². The van der Waals surface area contributed by atoms with Crippen molar-refractivity contribution in [1.82, 2.24) is 9.80 Å². The van der Waals surface area contributed by atoms with E-state index in [1.54, 1.807) is 12.1 Å². The van der Waals surface area contributed by atoms with E-state index in [4.69, 9.17) is 5.14 Å². The SMILES string of the molecule is CN1CCN(Cc2ccc(S(=O)(=O)c3csc(S(N)(=O)=O)c3)cc2)C(I)C1. The molecule has 11 heteroatoms. The zero-order valence-corrected chi connectivity index (χ0v) is 19.2. The number of hydrogen-bond donors (Lipinski definition) is 1. The summed E-state index contributed by atoms with van der Waals surface area (Å²) >= 11 is 3.23. The van der Waals surface area contributed by atoms with E-state index in [0.717, 1.165) is 49.1 Å². The second-order valence-electron chi connectivity index (χ2n) is 6.46. The number of thiophene rings is 1. The van der Waals surface area contributed by atoms with E-state index in [0.29, 0.717) is 4.05 Å². The number of nitrogens with zero attached hydrogens (tertiary/aromatic N) is 2. The Hall–Kier alpha value is -0.570. The lowest BCUT2D eigenvalue weighted by Gasteiger charge is -2.37. The van der Waals surface area contributed by atoms with Crippen molar-refractivity contribution in [3.05, 3.63) is 41.3 Å². The van der Waals surface area contributed by atoms with Gasteiger partial charge in [-0.15, -0.1) is 11.3 Å². The third-order valence-electron chi connectivity index (χ3n) is 4.39. The molecule has 2 heterocycles. The van der Waals surface area contributed by atoms with Gasteiger partial charge in [0.1, 0.15) is 4.21 Å². The maximum absolute atomic E-state index is 12.7. The average molecular weight is 541 g/mol. The highest BCUT2D eigenvalue weighted by atomic mass is 127. The van der Waals surface area contributed by atoms with Crippen LogP contribution < -0.4 is 5.14 Å². The van der Waals surface area contributed by atoms with Crippen LogP contribution in [0.25, 0.3) is 0 Å². The molecule has 1 aliphatic rings. The Kier molecular flexibility index (Phi) is 6.30. The summed E-state index contributed by atoms with van der Waals surface area (Å²) in [5, 5.41) is 6.36. The number of piperazine rings is 1. The Morgan fingerprint density at radius 1 is 1.15 bits per heavy atom. The molecule has 1 fully saturated rings. The number of benzene rings is 1. The molecule has 0 spiro atoms. The topological polar surface area (TPSA) is 101 Å². The van der Waals surface area contributed by atoms with Gasteiger partial charge in [0.15, 0.2) is 0 Å². The van der Waals surface area contributed by atoms with Crippen LogP contribution in [-0.4, -0.2) is 57.4 Å². The molecule has 1 unspecified atom stereocenters. The van der Waals surface area contributed by atoms with Crippen molar-refractivity contribution in [3.63, 3.8) is 0 Å². The summed E-state index contributed by atoms with van der Waals surface area (Å²) in [6.45, 7) is 3.74. The highest BCUT2D eigenvalue weighted by Gasteiger charge is 2.24. The molecule has 2 N–H and O–H groups in total. The molecule has 0 bridgehead atoms. The van der Waals surface area contributed by atoms with Gasteiger partial charge in [-0.2, -0.15) is 0 Å². The predicted molar refractivity (Wildman–Crippen MR) is 113 cm³/mol. The quantitative estimate of drug-likeness (QED) is 0.352. The molecule has 1 atom stereocenters. The zero-order chi connectivity index (χ0) is 19.8. The van der Waals surface area contributed by atoms with Gasteiger partial charge < -0.3 is 4.90 Å². The fourth-order valence-electron chi connectivity index (χ4n) is 2.82. The van der Waals surface area contributed by atoms with Crippen molar-refractivity contribution in [2.24, 2.45) is 5.14 Å². The van der Waals surface area contributed by atoms with Gasteiger partial charge in [-0.1, -0.05) is 34.7 Å². The minimum atomic E-state index is -3.91. The molecule has 7 nitrogen and oxygen atoms in total. The molecule has 3 rings (SSSR count). The minimum absolute atomic E-state index is 0.0596. The summed E-state index contributed by atoms with van der Waals surface area (Å²) < 4.78 is 48.4. The predicted octanol–water partition coefficient (Wildman–Crippen LogP) is 1.74. The largest absolute Gasteiger partial charge is 0.303 e. The monoisotopic (exact) mass is 541 g/mol. The average Bonchev–Trinajstić information content (AvgIpc) is 3.09. The smallest absolute Gasteiger partial charge is 0.247 e. The first-order valence-electron chi connectivity index (χ1n) is 8.09. The van der Waals surface area contributed by atoms with E-state index in [-0.39, 0.29) is 14.0 Å². The molecular weight excluding hydrogens is 521 g/mol. The van der Waals surface area contributed by atoms with Gasteiger partial charge >= 0.3 is 0 Å². The Balaban J connectivity index is 1.77. The lowest BCUT2D eigenvalue weighted by atomic mass is 10.2. The fourth-order valence-corrected chi connectivity index (χ4v) is 7.27. The van der Waals surface area contributed by atoms with Crippen molar-refractivity contribution in [1.29, 1.82) is 0 Å². The Morgan fingerprint density at radius 3 is 2.37 bits per heavy atom. The number of likely N-dealkylation sites (N-methyl/N-ethyl adjacent to an activating group) is 1. The normalized spacial score (nSPS) is 20.0. The van der Waals surface area contributed by atoms with Crippen LogP contribution in [0, 0.1) is 0 Å². The Labute approximate surface area is 177 Å². The summed E-state index contributed by atoms with van der Waals surface area (Å²) in [7, 11) is -5.58. The lowest BCUT2D eigenvalue weighted by molar-refractivity contribution is 0.138. The number of sulfonamides is 1. The molecule has 0 aliphatic carbocycles. The number of nitrogens with two attached hydrogens (primary N) is 1. The van der Waals surface area contributed by atoms with Crippen molar-refractivity contribution >= 4 is 53.8 Å². The molecule has 1 aliphatic heterocycles. The molecular formula is C16H20IN3O4S3. The van der Waals surface area contributed by atoms with Crippen molar-refractivity contribution in [2.45, 2.75) is 24.6 Å². The first-order valence-corrected chi connectivity index (χ1v) is 13.2. The van der Waals surface area contributed by atoms with Gasteiger partial charge in [0, 0.05) is 31.6 Å². The van der Waals surface area contributed by atoms with Crippen molar-refractivity contribution < 1.29 is 16.8 Å². The summed E-state index contributed by atoms with van der Waals surface area (Å²) in [4.78, 5) is 4.73. The summed E-state index contributed by atoms with van der Waals surface area (Å²) in [5.41, 5.74) is 1.04. The van der Waals surface area contributed by atoms with Gasteiger partial charge in [0.05, 0.1) is 13.8 Å². The number of halogens is 1. The summed E-state index contributed by atoms with van der Waals surface area (Å²) in [5.74, 6) is 0. The molecule has 1 aromatic heterocycles. The summed E-state index contributed by atoms with van der Waals surface area (Å²) in [6.07, 6.45) is 0. The van der Waals surface area contributed by atoms with Crippen LogP contribution in [0.3, 0.4) is 0 Å². The highest BCUT2D eigenvalue weighted by molar-refractivity contribution is 14.1. The van der Waals surface area contributed by atoms with Crippen LogP contribution in [0.2, 0.25) is 0 Å². The van der Waals surface area contributed by atoms with Gasteiger partial charge in [0.25, 0.3) is 0 Å². The van der Waals surface area contributed by atoms with Crippen LogP contribution in [0.15, 0.2) is 49.7 Å². The molecule has 0 saturated carbocycles. The third kappa shape index (κ3) is 4.89. The van der Waals surface area contributed by atoms with Crippen molar-refractivity contribution in [3.8, 4) is 0 Å². The Bertz CT molecular complexity index is 1020. The van der Waals surface area contributed by atoms with Gasteiger partial charge in [-0.25, -0.2) is 22.0 Å². The van der Waals surface area contributed by atoms with E-state index >= 15 is 0 Å². The molecule has 148 valence electrons. The standard InChI is InChI=1S/C16H20IN3O4S3/c1-19-6-7-20(15(17)10-19)9-12-2-4-13(5-3-12)26(21,22)14-8-16(25-11-14)27(18,23)24/h2-5,8,11,15H,6-7,9-10H2,1H3,(H2,18,23,24). The number of rotatable bonds is 5. The number of primary sulfonamides is 1. The highest BCUT2D eigenvalue weighted by Crippen LogP contribution is 2.28. The van der Waals surface area contributed by atoms with Crippen LogP contribution in [0.4, 0.5) is 0 Å². The van der Waals surface area contributed by atoms with Crippen LogP contribution in [-0.2, 0) is 26.4 Å². The van der Waals surface area contributed by atoms with Crippen molar-refractivity contribution in [2.75, 3.05) is 26.7 Å². The van der Waals surface area contributed by atoms with E-state index in [9.17, 15) is 16.8 Å². The van der Waals surface area contributed by atoms with E-state index < -0.39 is 19.9 Å². The summed E-state index contributed by atoms with van der Waals surface area (Å²) in [6, 6.07) is 7.85. The third-order valence-corrected chi connectivity index (χ3v) is 9.86. The van der Waals surface area contributed by atoms with Crippen LogP contribution in [0.5, 0.6) is 0 Å². The number of sulfone groups is 1. The van der Waals surface area contributed by atoms with Crippen LogP contribution in [0.1, 0.15) is 5.56 Å². The number of alkyl halides is 1. The first kappa shape index (κ1) is 21.1. The molecule has 1 saturated heterocycles. The van der Waals surface area contributed by atoms with Gasteiger partial charge in [-0.05, 0) is 30.8 Å². The minimum Gasteiger partial charge on any atom is -0.303 e. The number of hydrogen-bond acceptors (Lipinski definition) is 7. The first-order chi connectivity index (χ1) is 12.6. The molecule has 27 heavy (non-hydrogen) atoms.